The Labute approximate surface area is 114 Å². The second kappa shape index (κ2) is 5.98. The third-order valence-electron chi connectivity index (χ3n) is 3.02. The molecule has 1 aliphatic rings. The first kappa shape index (κ1) is 13.1. The van der Waals surface area contributed by atoms with E-state index in [9.17, 15) is 4.79 Å². The standard InChI is InChI=1S/C12H17BrN2OS/c1-15(7-11-5-9(13)8-17-11)12(16)6-10-3-2-4-14-10/h5,8,10,14H,2-4,6-7H2,1H3. The molecule has 0 spiro atoms. The highest BCUT2D eigenvalue weighted by Gasteiger charge is 2.20. The zero-order valence-electron chi connectivity index (χ0n) is 9.91. The maximum atomic E-state index is 12.0. The van der Waals surface area contributed by atoms with Crippen LogP contribution in [0.3, 0.4) is 0 Å². The van der Waals surface area contributed by atoms with Gasteiger partial charge in [-0.15, -0.1) is 11.3 Å². The second-order valence-corrected chi connectivity index (χ2v) is 6.39. The van der Waals surface area contributed by atoms with Crippen molar-refractivity contribution in [2.75, 3.05) is 13.6 Å². The normalized spacial score (nSPS) is 19.5. The molecule has 2 heterocycles. The summed E-state index contributed by atoms with van der Waals surface area (Å²) >= 11 is 5.11. The summed E-state index contributed by atoms with van der Waals surface area (Å²) in [5.74, 6) is 0.230. The second-order valence-electron chi connectivity index (χ2n) is 4.48. The quantitative estimate of drug-likeness (QED) is 0.926. The number of nitrogens with one attached hydrogen (secondary N) is 1. The van der Waals surface area contributed by atoms with Crippen molar-refractivity contribution in [1.82, 2.24) is 10.2 Å². The molecule has 1 aliphatic heterocycles. The van der Waals surface area contributed by atoms with Crippen molar-refractivity contribution in [3.05, 3.63) is 20.8 Å². The largest absolute Gasteiger partial charge is 0.341 e. The SMILES string of the molecule is CN(Cc1cc(Br)cs1)C(=O)CC1CCCN1. The van der Waals surface area contributed by atoms with Crippen molar-refractivity contribution < 1.29 is 4.79 Å². The Bertz CT molecular complexity index is 388. The molecule has 0 bridgehead atoms. The number of nitrogens with zero attached hydrogens (tertiary/aromatic N) is 1. The molecular formula is C12H17BrN2OS. The van der Waals surface area contributed by atoms with E-state index in [0.717, 1.165) is 17.4 Å². The van der Waals surface area contributed by atoms with E-state index in [0.29, 0.717) is 19.0 Å². The Balaban J connectivity index is 1.82. The number of hydrogen-bond acceptors (Lipinski definition) is 3. The van der Waals surface area contributed by atoms with E-state index in [1.807, 2.05) is 17.3 Å². The minimum atomic E-state index is 0.230. The van der Waals surface area contributed by atoms with Crippen molar-refractivity contribution in [2.24, 2.45) is 0 Å². The van der Waals surface area contributed by atoms with Gasteiger partial charge in [0.1, 0.15) is 0 Å². The first-order valence-electron chi connectivity index (χ1n) is 5.85. The third-order valence-corrected chi connectivity index (χ3v) is 4.71. The van der Waals surface area contributed by atoms with E-state index in [1.54, 1.807) is 11.3 Å². The van der Waals surface area contributed by atoms with Crippen molar-refractivity contribution in [3.63, 3.8) is 0 Å². The molecule has 1 saturated heterocycles. The lowest BCUT2D eigenvalue weighted by Crippen LogP contribution is -2.32. The smallest absolute Gasteiger partial charge is 0.224 e. The third kappa shape index (κ3) is 3.79. The zero-order chi connectivity index (χ0) is 12.3. The van der Waals surface area contributed by atoms with Gasteiger partial charge < -0.3 is 10.2 Å². The van der Waals surface area contributed by atoms with Crippen molar-refractivity contribution in [1.29, 1.82) is 0 Å². The van der Waals surface area contributed by atoms with Gasteiger partial charge in [-0.1, -0.05) is 0 Å². The summed E-state index contributed by atoms with van der Waals surface area (Å²) in [5.41, 5.74) is 0. The first-order valence-corrected chi connectivity index (χ1v) is 7.52. The number of halogens is 1. The molecule has 3 nitrogen and oxygen atoms in total. The molecule has 1 amide bonds. The maximum absolute atomic E-state index is 12.0. The van der Waals surface area contributed by atoms with Crippen LogP contribution in [0.4, 0.5) is 0 Å². The molecule has 1 aromatic rings. The van der Waals surface area contributed by atoms with Crippen molar-refractivity contribution in [2.45, 2.75) is 31.8 Å². The van der Waals surface area contributed by atoms with Gasteiger partial charge in [0.25, 0.3) is 0 Å². The highest BCUT2D eigenvalue weighted by atomic mass is 79.9. The molecule has 0 saturated carbocycles. The average molecular weight is 317 g/mol. The molecule has 17 heavy (non-hydrogen) atoms. The number of rotatable bonds is 4. The Morgan fingerprint density at radius 3 is 3.12 bits per heavy atom. The highest BCUT2D eigenvalue weighted by Crippen LogP contribution is 2.21. The predicted molar refractivity (Wildman–Crippen MR) is 74.1 cm³/mol. The minimum Gasteiger partial charge on any atom is -0.341 e. The Hall–Kier alpha value is -0.390. The van der Waals surface area contributed by atoms with E-state index in [-0.39, 0.29) is 5.91 Å². The Morgan fingerprint density at radius 2 is 2.53 bits per heavy atom. The van der Waals surface area contributed by atoms with Crippen LogP contribution in [0.1, 0.15) is 24.1 Å². The molecule has 2 rings (SSSR count). The lowest BCUT2D eigenvalue weighted by atomic mass is 10.1. The van der Waals surface area contributed by atoms with Crippen LogP contribution in [0, 0.1) is 0 Å². The van der Waals surface area contributed by atoms with Gasteiger partial charge in [0.2, 0.25) is 5.91 Å². The van der Waals surface area contributed by atoms with E-state index in [4.69, 9.17) is 0 Å². The molecule has 1 fully saturated rings. The summed E-state index contributed by atoms with van der Waals surface area (Å²) in [5, 5.41) is 5.41. The van der Waals surface area contributed by atoms with Gasteiger partial charge >= 0.3 is 0 Å². The maximum Gasteiger partial charge on any atom is 0.224 e. The fourth-order valence-electron chi connectivity index (χ4n) is 2.06. The lowest BCUT2D eigenvalue weighted by Gasteiger charge is -2.18. The highest BCUT2D eigenvalue weighted by molar-refractivity contribution is 9.10. The van der Waals surface area contributed by atoms with Crippen molar-refractivity contribution in [3.8, 4) is 0 Å². The average Bonchev–Trinajstić information content (AvgIpc) is 2.90. The molecule has 1 aromatic heterocycles. The number of amides is 1. The molecule has 94 valence electrons. The van der Waals surface area contributed by atoms with Crippen LogP contribution >= 0.6 is 27.3 Å². The number of carbonyl (C=O) groups is 1. The van der Waals surface area contributed by atoms with Crippen LogP contribution in [-0.2, 0) is 11.3 Å². The summed E-state index contributed by atoms with van der Waals surface area (Å²) in [4.78, 5) is 15.0. The van der Waals surface area contributed by atoms with Crippen LogP contribution in [0.15, 0.2) is 15.9 Å². The summed E-state index contributed by atoms with van der Waals surface area (Å²) < 4.78 is 1.09. The van der Waals surface area contributed by atoms with Gasteiger partial charge in [-0.25, -0.2) is 0 Å². The molecule has 1 unspecified atom stereocenters. The van der Waals surface area contributed by atoms with Crippen LogP contribution in [0.2, 0.25) is 0 Å². The molecule has 1 N–H and O–H groups in total. The van der Waals surface area contributed by atoms with E-state index >= 15 is 0 Å². The fraction of sp³-hybridized carbons (Fsp3) is 0.583. The molecule has 0 radical (unpaired) electrons. The summed E-state index contributed by atoms with van der Waals surface area (Å²) in [6.07, 6.45) is 2.95. The molecule has 0 aromatic carbocycles. The molecular weight excluding hydrogens is 300 g/mol. The molecule has 1 atom stereocenters. The van der Waals surface area contributed by atoms with Gasteiger partial charge in [-0.2, -0.15) is 0 Å². The summed E-state index contributed by atoms with van der Waals surface area (Å²) in [7, 11) is 1.88. The molecule has 0 aliphatic carbocycles. The minimum absolute atomic E-state index is 0.230. The van der Waals surface area contributed by atoms with Crippen LogP contribution in [-0.4, -0.2) is 30.4 Å². The van der Waals surface area contributed by atoms with E-state index in [1.165, 1.54) is 11.3 Å². The summed E-state index contributed by atoms with van der Waals surface area (Å²) in [6, 6.07) is 2.46. The zero-order valence-corrected chi connectivity index (χ0v) is 12.3. The van der Waals surface area contributed by atoms with E-state index in [2.05, 4.69) is 27.3 Å². The monoisotopic (exact) mass is 316 g/mol. The van der Waals surface area contributed by atoms with E-state index < -0.39 is 0 Å². The fourth-order valence-corrected chi connectivity index (χ4v) is 3.56. The lowest BCUT2D eigenvalue weighted by molar-refractivity contribution is -0.130. The number of thiophene rings is 1. The van der Waals surface area contributed by atoms with Crippen LogP contribution in [0.25, 0.3) is 0 Å². The Kier molecular flexibility index (Phi) is 4.59. The molecule has 5 heteroatoms. The van der Waals surface area contributed by atoms with Gasteiger partial charge in [-0.3, -0.25) is 4.79 Å². The Morgan fingerprint density at radius 1 is 1.71 bits per heavy atom. The van der Waals surface area contributed by atoms with Gasteiger partial charge in [0.15, 0.2) is 0 Å². The van der Waals surface area contributed by atoms with Gasteiger partial charge in [0, 0.05) is 34.2 Å². The predicted octanol–water partition coefficient (Wildman–Crippen LogP) is 2.61. The van der Waals surface area contributed by atoms with Gasteiger partial charge in [-0.05, 0) is 41.4 Å². The number of hydrogen-bond donors (Lipinski definition) is 1. The van der Waals surface area contributed by atoms with Crippen LogP contribution in [0.5, 0.6) is 0 Å². The number of carbonyl (C=O) groups excluding carboxylic acids is 1. The van der Waals surface area contributed by atoms with Crippen molar-refractivity contribution >= 4 is 33.2 Å². The van der Waals surface area contributed by atoms with Crippen LogP contribution < -0.4 is 5.32 Å². The van der Waals surface area contributed by atoms with Gasteiger partial charge in [0.05, 0.1) is 6.54 Å². The summed E-state index contributed by atoms with van der Waals surface area (Å²) in [6.45, 7) is 1.77. The topological polar surface area (TPSA) is 32.3 Å². The first-order chi connectivity index (χ1) is 8.15.